The van der Waals surface area contributed by atoms with Crippen molar-refractivity contribution in [1.29, 1.82) is 0 Å². The van der Waals surface area contributed by atoms with Crippen LogP contribution in [0.15, 0.2) is 65.0 Å². The Bertz CT molecular complexity index is 955. The number of benzene rings is 2. The quantitative estimate of drug-likeness (QED) is 0.623. The summed E-state index contributed by atoms with van der Waals surface area (Å²) in [5, 5.41) is 16.6. The van der Waals surface area contributed by atoms with E-state index in [1.165, 1.54) is 0 Å². The molecule has 2 N–H and O–H groups in total. The molecule has 27 heavy (non-hydrogen) atoms. The number of thiophene rings is 1. The standard InChI is InChI=1S/C21H19ClN2O2S/c1-26-15-7-4-13(5-8-15)17-12-18(16-11-14(22)6-9-19(16)25)24-21(23-17)20-3-2-10-27-20/h2-11,18,21,24-25H,12H2,1H3/t18-,21-/m1/s1. The fourth-order valence-corrected chi connectivity index (χ4v) is 4.16. The molecule has 0 unspecified atom stereocenters. The largest absolute Gasteiger partial charge is 0.508 e. The van der Waals surface area contributed by atoms with Crippen molar-refractivity contribution in [2.45, 2.75) is 18.6 Å². The Balaban J connectivity index is 1.73. The number of aliphatic imine (C=N–C) groups is 1. The zero-order valence-electron chi connectivity index (χ0n) is 14.7. The van der Waals surface area contributed by atoms with Crippen LogP contribution in [-0.2, 0) is 0 Å². The van der Waals surface area contributed by atoms with Crippen molar-refractivity contribution in [2.75, 3.05) is 7.11 Å². The highest BCUT2D eigenvalue weighted by Crippen LogP contribution is 2.36. The van der Waals surface area contributed by atoms with E-state index in [0.717, 1.165) is 27.5 Å². The van der Waals surface area contributed by atoms with Gasteiger partial charge < -0.3 is 9.84 Å². The molecule has 2 heterocycles. The molecule has 4 rings (SSSR count). The molecule has 6 heteroatoms. The number of phenols is 1. The number of rotatable bonds is 4. The summed E-state index contributed by atoms with van der Waals surface area (Å²) >= 11 is 7.84. The first-order valence-electron chi connectivity index (χ1n) is 8.63. The molecule has 3 aromatic rings. The van der Waals surface area contributed by atoms with Crippen LogP contribution in [-0.4, -0.2) is 17.9 Å². The summed E-state index contributed by atoms with van der Waals surface area (Å²) in [5.74, 6) is 1.05. The molecule has 1 aromatic heterocycles. The van der Waals surface area contributed by atoms with Crippen molar-refractivity contribution in [3.8, 4) is 11.5 Å². The molecule has 0 spiro atoms. The second-order valence-corrected chi connectivity index (χ2v) is 7.76. The van der Waals surface area contributed by atoms with Gasteiger partial charge in [0.05, 0.1) is 7.11 Å². The fraction of sp³-hybridized carbons (Fsp3) is 0.190. The van der Waals surface area contributed by atoms with E-state index in [-0.39, 0.29) is 18.0 Å². The molecule has 0 saturated heterocycles. The molecule has 0 saturated carbocycles. The summed E-state index contributed by atoms with van der Waals surface area (Å²) in [6.07, 6.45) is 0.487. The number of hydrogen-bond acceptors (Lipinski definition) is 5. The Morgan fingerprint density at radius 2 is 2.00 bits per heavy atom. The lowest BCUT2D eigenvalue weighted by Gasteiger charge is -2.30. The van der Waals surface area contributed by atoms with Gasteiger partial charge in [-0.15, -0.1) is 11.3 Å². The van der Waals surface area contributed by atoms with Gasteiger partial charge in [-0.1, -0.05) is 17.7 Å². The summed E-state index contributed by atoms with van der Waals surface area (Å²) in [4.78, 5) is 6.07. The topological polar surface area (TPSA) is 53.8 Å². The maximum absolute atomic E-state index is 10.4. The summed E-state index contributed by atoms with van der Waals surface area (Å²) in [6.45, 7) is 0. The van der Waals surface area contributed by atoms with Crippen molar-refractivity contribution in [3.05, 3.63) is 81.0 Å². The molecule has 0 fully saturated rings. The van der Waals surface area contributed by atoms with Crippen LogP contribution < -0.4 is 10.1 Å². The van der Waals surface area contributed by atoms with E-state index in [9.17, 15) is 5.11 Å². The maximum Gasteiger partial charge on any atom is 0.135 e. The Labute approximate surface area is 167 Å². The molecule has 138 valence electrons. The third-order valence-electron chi connectivity index (χ3n) is 4.64. The Morgan fingerprint density at radius 3 is 2.70 bits per heavy atom. The van der Waals surface area contributed by atoms with Crippen LogP contribution in [0, 0.1) is 0 Å². The molecule has 1 aliphatic rings. The first-order valence-corrected chi connectivity index (χ1v) is 9.89. The van der Waals surface area contributed by atoms with E-state index < -0.39 is 0 Å². The SMILES string of the molecule is COc1ccc(C2=N[C@@H](c3cccs3)N[C@@H](c3cc(Cl)ccc3O)C2)cc1. The van der Waals surface area contributed by atoms with E-state index in [1.807, 2.05) is 41.8 Å². The van der Waals surface area contributed by atoms with Gasteiger partial charge in [-0.3, -0.25) is 10.3 Å². The van der Waals surface area contributed by atoms with Crippen molar-refractivity contribution < 1.29 is 9.84 Å². The lowest BCUT2D eigenvalue weighted by atomic mass is 9.94. The zero-order valence-corrected chi connectivity index (χ0v) is 16.3. The highest BCUT2D eigenvalue weighted by molar-refractivity contribution is 7.10. The van der Waals surface area contributed by atoms with Gasteiger partial charge in [-0.25, -0.2) is 0 Å². The number of nitrogens with zero attached hydrogens (tertiary/aromatic N) is 1. The second kappa shape index (κ2) is 7.72. The number of aromatic hydroxyl groups is 1. The molecular weight excluding hydrogens is 380 g/mol. The van der Waals surface area contributed by atoms with E-state index in [2.05, 4.69) is 11.4 Å². The average molecular weight is 399 g/mol. The van der Waals surface area contributed by atoms with E-state index in [4.69, 9.17) is 21.3 Å². The monoisotopic (exact) mass is 398 g/mol. The number of ether oxygens (including phenoxy) is 1. The minimum Gasteiger partial charge on any atom is -0.508 e. The van der Waals surface area contributed by atoms with Crippen LogP contribution in [0.3, 0.4) is 0 Å². The first-order chi connectivity index (χ1) is 13.1. The van der Waals surface area contributed by atoms with Crippen LogP contribution in [0.4, 0.5) is 0 Å². The Hall–Kier alpha value is -2.34. The van der Waals surface area contributed by atoms with Gasteiger partial charge in [0.25, 0.3) is 0 Å². The van der Waals surface area contributed by atoms with Gasteiger partial charge in [-0.2, -0.15) is 0 Å². The zero-order chi connectivity index (χ0) is 18.8. The predicted molar refractivity (Wildman–Crippen MR) is 110 cm³/mol. The van der Waals surface area contributed by atoms with Crippen LogP contribution in [0.2, 0.25) is 5.02 Å². The summed E-state index contributed by atoms with van der Waals surface area (Å²) in [7, 11) is 1.65. The van der Waals surface area contributed by atoms with Gasteiger partial charge in [0.15, 0.2) is 0 Å². The second-order valence-electron chi connectivity index (χ2n) is 6.35. The number of halogens is 1. The summed E-state index contributed by atoms with van der Waals surface area (Å²) in [5.41, 5.74) is 2.81. The smallest absolute Gasteiger partial charge is 0.135 e. The molecule has 0 amide bonds. The van der Waals surface area contributed by atoms with Gasteiger partial charge in [0, 0.05) is 33.6 Å². The molecular formula is C21H19ClN2O2S. The molecule has 1 aliphatic heterocycles. The van der Waals surface area contributed by atoms with Gasteiger partial charge in [0.2, 0.25) is 0 Å². The molecule has 0 aliphatic carbocycles. The van der Waals surface area contributed by atoms with E-state index in [0.29, 0.717) is 11.4 Å². The van der Waals surface area contributed by atoms with Crippen LogP contribution in [0.5, 0.6) is 11.5 Å². The number of methoxy groups -OCH3 is 1. The molecule has 2 aromatic carbocycles. The fourth-order valence-electron chi connectivity index (χ4n) is 3.26. The van der Waals surface area contributed by atoms with Crippen LogP contribution in [0.25, 0.3) is 0 Å². The molecule has 0 bridgehead atoms. The van der Waals surface area contributed by atoms with Crippen molar-refractivity contribution in [2.24, 2.45) is 4.99 Å². The van der Waals surface area contributed by atoms with Crippen molar-refractivity contribution in [1.82, 2.24) is 5.32 Å². The first kappa shape index (κ1) is 18.0. The average Bonchev–Trinajstić information content (AvgIpc) is 3.24. The van der Waals surface area contributed by atoms with Gasteiger partial charge in [0.1, 0.15) is 17.7 Å². The third kappa shape index (κ3) is 3.86. The minimum atomic E-state index is -0.167. The number of phenolic OH excluding ortho intramolecular Hbond substituents is 1. The number of hydrogen-bond donors (Lipinski definition) is 2. The highest BCUT2D eigenvalue weighted by Gasteiger charge is 2.28. The molecule has 0 radical (unpaired) electrons. The molecule has 2 atom stereocenters. The molecule has 4 nitrogen and oxygen atoms in total. The third-order valence-corrected chi connectivity index (χ3v) is 5.80. The maximum atomic E-state index is 10.4. The van der Waals surface area contributed by atoms with Crippen LogP contribution in [0.1, 0.15) is 34.6 Å². The minimum absolute atomic E-state index is 0.0922. The lowest BCUT2D eigenvalue weighted by Crippen LogP contribution is -2.32. The van der Waals surface area contributed by atoms with Crippen molar-refractivity contribution >= 4 is 28.6 Å². The van der Waals surface area contributed by atoms with E-state index >= 15 is 0 Å². The number of nitrogens with one attached hydrogen (secondary N) is 1. The summed E-state index contributed by atoms with van der Waals surface area (Å²) in [6, 6.07) is 17.0. The van der Waals surface area contributed by atoms with Crippen LogP contribution >= 0.6 is 22.9 Å². The predicted octanol–water partition coefficient (Wildman–Crippen LogP) is 5.34. The summed E-state index contributed by atoms with van der Waals surface area (Å²) < 4.78 is 5.26. The Kier molecular flexibility index (Phi) is 5.16. The highest BCUT2D eigenvalue weighted by atomic mass is 35.5. The van der Waals surface area contributed by atoms with E-state index in [1.54, 1.807) is 30.6 Å². The van der Waals surface area contributed by atoms with Gasteiger partial charge >= 0.3 is 0 Å². The van der Waals surface area contributed by atoms with Crippen molar-refractivity contribution in [3.63, 3.8) is 0 Å². The lowest BCUT2D eigenvalue weighted by molar-refractivity contribution is 0.414. The normalized spacial score (nSPS) is 19.6. The van der Waals surface area contributed by atoms with Gasteiger partial charge in [-0.05, 0) is 59.5 Å². The Morgan fingerprint density at radius 1 is 1.19 bits per heavy atom.